The molecule has 0 unspecified atom stereocenters. The van der Waals surface area contributed by atoms with E-state index in [-0.39, 0.29) is 5.60 Å². The first kappa shape index (κ1) is 18.0. The van der Waals surface area contributed by atoms with Gasteiger partial charge in [0.15, 0.2) is 0 Å². The van der Waals surface area contributed by atoms with Gasteiger partial charge in [0.2, 0.25) is 0 Å². The third-order valence-electron chi connectivity index (χ3n) is 4.95. The highest BCUT2D eigenvalue weighted by atomic mass is 16.5. The van der Waals surface area contributed by atoms with E-state index in [1.165, 1.54) is 64.2 Å². The van der Waals surface area contributed by atoms with Crippen molar-refractivity contribution in [1.29, 1.82) is 0 Å². The molecule has 0 bridgehead atoms. The van der Waals surface area contributed by atoms with Crippen LogP contribution in [0.25, 0.3) is 0 Å². The van der Waals surface area contributed by atoms with Gasteiger partial charge in [0.05, 0.1) is 5.60 Å². The Bertz CT molecular complexity index is 221. The summed E-state index contributed by atoms with van der Waals surface area (Å²) in [6.45, 7) is 9.86. The Hall–Kier alpha value is -0.0800. The Morgan fingerprint density at radius 2 is 1.70 bits per heavy atom. The summed E-state index contributed by atoms with van der Waals surface area (Å²) in [6, 6.07) is 0. The lowest BCUT2D eigenvalue weighted by Gasteiger charge is -2.40. The fraction of sp³-hybridized carbons (Fsp3) is 1.00. The van der Waals surface area contributed by atoms with Crippen LogP contribution in [-0.4, -0.2) is 25.3 Å². The van der Waals surface area contributed by atoms with E-state index in [1.54, 1.807) is 0 Å². The largest absolute Gasteiger partial charge is 0.374 e. The van der Waals surface area contributed by atoms with E-state index < -0.39 is 0 Å². The van der Waals surface area contributed by atoms with Crippen molar-refractivity contribution < 1.29 is 4.74 Å². The third-order valence-corrected chi connectivity index (χ3v) is 4.95. The van der Waals surface area contributed by atoms with Gasteiger partial charge in [-0.25, -0.2) is 0 Å². The van der Waals surface area contributed by atoms with Crippen LogP contribution in [0, 0.1) is 5.92 Å². The molecule has 1 N–H and O–H groups in total. The first-order chi connectivity index (χ1) is 9.76. The first-order valence-electron chi connectivity index (χ1n) is 9.11. The highest BCUT2D eigenvalue weighted by Crippen LogP contribution is 2.36. The Morgan fingerprint density at radius 3 is 2.30 bits per heavy atom. The zero-order valence-electron chi connectivity index (χ0n) is 14.2. The predicted molar refractivity (Wildman–Crippen MR) is 88.2 cm³/mol. The number of hydrogen-bond donors (Lipinski definition) is 1. The molecule has 0 aromatic rings. The molecule has 0 atom stereocenters. The molecule has 20 heavy (non-hydrogen) atoms. The average molecular weight is 284 g/mol. The van der Waals surface area contributed by atoms with Crippen LogP contribution in [0.5, 0.6) is 0 Å². The molecule has 0 heterocycles. The summed E-state index contributed by atoms with van der Waals surface area (Å²) in [4.78, 5) is 0. The molecule has 0 amide bonds. The van der Waals surface area contributed by atoms with Crippen molar-refractivity contribution in [2.24, 2.45) is 5.92 Å². The van der Waals surface area contributed by atoms with Gasteiger partial charge >= 0.3 is 0 Å². The summed E-state index contributed by atoms with van der Waals surface area (Å²) in [6.07, 6.45) is 13.2. The van der Waals surface area contributed by atoms with Gasteiger partial charge in [-0.2, -0.15) is 0 Å². The van der Waals surface area contributed by atoms with Crippen LogP contribution < -0.4 is 5.32 Å². The molecular formula is C18H37NO. The maximum absolute atomic E-state index is 6.38. The minimum Gasteiger partial charge on any atom is -0.374 e. The van der Waals surface area contributed by atoms with E-state index >= 15 is 0 Å². The maximum Gasteiger partial charge on any atom is 0.0806 e. The van der Waals surface area contributed by atoms with Crippen molar-refractivity contribution in [3.63, 3.8) is 0 Å². The van der Waals surface area contributed by atoms with Crippen molar-refractivity contribution in [1.82, 2.24) is 5.32 Å². The lowest BCUT2D eigenvalue weighted by Crippen LogP contribution is -2.46. The second-order valence-electron chi connectivity index (χ2n) is 6.58. The molecule has 0 aromatic carbocycles. The minimum absolute atomic E-state index is 0.145. The highest BCUT2D eigenvalue weighted by molar-refractivity contribution is 4.89. The molecule has 1 fully saturated rings. The van der Waals surface area contributed by atoms with Crippen molar-refractivity contribution in [2.45, 2.75) is 90.6 Å². The van der Waals surface area contributed by atoms with Crippen LogP contribution in [-0.2, 0) is 4.74 Å². The maximum atomic E-state index is 6.38. The molecule has 120 valence electrons. The summed E-state index contributed by atoms with van der Waals surface area (Å²) < 4.78 is 6.38. The van der Waals surface area contributed by atoms with E-state index in [1.807, 2.05) is 0 Å². The van der Waals surface area contributed by atoms with Crippen molar-refractivity contribution in [2.75, 3.05) is 19.7 Å². The van der Waals surface area contributed by atoms with Crippen LogP contribution in [0.4, 0.5) is 0 Å². The molecule has 1 saturated carbocycles. The van der Waals surface area contributed by atoms with Gasteiger partial charge in [-0.05, 0) is 44.6 Å². The summed E-state index contributed by atoms with van der Waals surface area (Å²) in [5.41, 5.74) is 0.145. The molecule has 0 radical (unpaired) electrons. The van der Waals surface area contributed by atoms with E-state index in [0.29, 0.717) is 0 Å². The van der Waals surface area contributed by atoms with Crippen molar-refractivity contribution in [3.8, 4) is 0 Å². The van der Waals surface area contributed by atoms with Crippen LogP contribution in [0.15, 0.2) is 0 Å². The highest BCUT2D eigenvalue weighted by Gasteiger charge is 2.35. The normalized spacial score (nSPS) is 26.9. The van der Waals surface area contributed by atoms with E-state index in [0.717, 1.165) is 25.6 Å². The quantitative estimate of drug-likeness (QED) is 0.543. The monoisotopic (exact) mass is 283 g/mol. The number of nitrogens with one attached hydrogen (secondary N) is 1. The molecule has 0 aliphatic heterocycles. The summed E-state index contributed by atoms with van der Waals surface area (Å²) in [7, 11) is 0. The van der Waals surface area contributed by atoms with Gasteiger partial charge < -0.3 is 10.1 Å². The number of hydrogen-bond acceptors (Lipinski definition) is 2. The SMILES string of the molecule is CCCCCCCOC1(CNCC)CCC(CC)CC1. The zero-order chi connectivity index (χ0) is 14.7. The van der Waals surface area contributed by atoms with Gasteiger partial charge in [-0.1, -0.05) is 52.9 Å². The Balaban J connectivity index is 2.28. The molecule has 1 rings (SSSR count). The Kier molecular flexibility index (Phi) is 9.54. The molecule has 1 aliphatic rings. The van der Waals surface area contributed by atoms with Gasteiger partial charge in [-0.15, -0.1) is 0 Å². The molecule has 1 aliphatic carbocycles. The average Bonchev–Trinajstić information content (AvgIpc) is 2.49. The topological polar surface area (TPSA) is 21.3 Å². The van der Waals surface area contributed by atoms with Gasteiger partial charge in [0, 0.05) is 13.2 Å². The summed E-state index contributed by atoms with van der Waals surface area (Å²) in [5.74, 6) is 0.943. The molecule has 0 spiro atoms. The fourth-order valence-electron chi connectivity index (χ4n) is 3.33. The third kappa shape index (κ3) is 6.58. The number of ether oxygens (including phenoxy) is 1. The molecule has 2 nitrogen and oxygen atoms in total. The van der Waals surface area contributed by atoms with E-state index in [9.17, 15) is 0 Å². The Morgan fingerprint density at radius 1 is 1.00 bits per heavy atom. The standard InChI is InChI=1S/C18H37NO/c1-4-7-8-9-10-15-20-18(16-19-6-3)13-11-17(5-2)12-14-18/h17,19H,4-16H2,1-3H3. The molecular weight excluding hydrogens is 246 g/mol. The second-order valence-corrected chi connectivity index (χ2v) is 6.58. The fourth-order valence-corrected chi connectivity index (χ4v) is 3.33. The second kappa shape index (κ2) is 10.6. The van der Waals surface area contributed by atoms with Gasteiger partial charge in [0.25, 0.3) is 0 Å². The lowest BCUT2D eigenvalue weighted by atomic mass is 9.77. The van der Waals surface area contributed by atoms with Crippen LogP contribution in [0.1, 0.15) is 85.0 Å². The number of likely N-dealkylation sites (N-methyl/N-ethyl adjacent to an activating group) is 1. The van der Waals surface area contributed by atoms with Crippen molar-refractivity contribution in [3.05, 3.63) is 0 Å². The van der Waals surface area contributed by atoms with E-state index in [2.05, 4.69) is 26.1 Å². The predicted octanol–water partition coefficient (Wildman–Crippen LogP) is 4.92. The Labute approximate surface area is 127 Å². The summed E-state index contributed by atoms with van der Waals surface area (Å²) in [5, 5.41) is 3.53. The molecule has 2 heteroatoms. The van der Waals surface area contributed by atoms with Gasteiger partial charge in [0.1, 0.15) is 0 Å². The van der Waals surface area contributed by atoms with Crippen LogP contribution in [0.3, 0.4) is 0 Å². The van der Waals surface area contributed by atoms with Crippen molar-refractivity contribution >= 4 is 0 Å². The van der Waals surface area contributed by atoms with Gasteiger partial charge in [-0.3, -0.25) is 0 Å². The smallest absolute Gasteiger partial charge is 0.0806 e. The van der Waals surface area contributed by atoms with Crippen LogP contribution in [0.2, 0.25) is 0 Å². The van der Waals surface area contributed by atoms with E-state index in [4.69, 9.17) is 4.74 Å². The lowest BCUT2D eigenvalue weighted by molar-refractivity contribution is -0.0774. The van der Waals surface area contributed by atoms with Crippen LogP contribution >= 0.6 is 0 Å². The first-order valence-corrected chi connectivity index (χ1v) is 9.11. The molecule has 0 aromatic heterocycles. The zero-order valence-corrected chi connectivity index (χ0v) is 14.2. The summed E-state index contributed by atoms with van der Waals surface area (Å²) >= 11 is 0. The molecule has 0 saturated heterocycles. The number of unbranched alkanes of at least 4 members (excludes halogenated alkanes) is 4. The number of rotatable bonds is 11. The minimum atomic E-state index is 0.145.